The van der Waals surface area contributed by atoms with Crippen LogP contribution in [0.3, 0.4) is 0 Å². The van der Waals surface area contributed by atoms with Crippen molar-refractivity contribution in [2.45, 2.75) is 19.0 Å². The lowest BCUT2D eigenvalue weighted by atomic mass is 9.95. The molecule has 1 unspecified atom stereocenters. The topological polar surface area (TPSA) is 131 Å². The molecular weight excluding hydrogens is 416 g/mol. The first-order chi connectivity index (χ1) is 15.3. The zero-order chi connectivity index (χ0) is 22.6. The molecule has 1 fully saturated rings. The lowest BCUT2D eigenvalue weighted by molar-refractivity contribution is -0.125. The van der Waals surface area contributed by atoms with Crippen LogP contribution in [0.4, 0.5) is 4.79 Å². The van der Waals surface area contributed by atoms with Crippen LogP contribution < -0.4 is 15.4 Å². The van der Waals surface area contributed by atoms with E-state index in [-0.39, 0.29) is 36.2 Å². The SMILES string of the molecule is COc1ccc2c(c1)C(=O)N(CC1(c3cc4nc(C(C)=O)ccc4o3)NC(=O)NC1=O)C2. The van der Waals surface area contributed by atoms with Crippen molar-refractivity contribution in [3.8, 4) is 5.75 Å². The van der Waals surface area contributed by atoms with Gasteiger partial charge in [-0.05, 0) is 29.8 Å². The molecule has 1 aromatic carbocycles. The summed E-state index contributed by atoms with van der Waals surface area (Å²) in [6.45, 7) is 1.50. The Balaban J connectivity index is 1.55. The molecule has 10 nitrogen and oxygen atoms in total. The Morgan fingerprint density at radius 3 is 2.72 bits per heavy atom. The van der Waals surface area contributed by atoms with Crippen molar-refractivity contribution in [3.05, 3.63) is 59.0 Å². The van der Waals surface area contributed by atoms with Gasteiger partial charge in [-0.25, -0.2) is 9.78 Å². The minimum atomic E-state index is -1.64. The van der Waals surface area contributed by atoms with Crippen LogP contribution in [0.5, 0.6) is 5.75 Å². The molecule has 2 aromatic heterocycles. The predicted molar refractivity (Wildman–Crippen MR) is 110 cm³/mol. The highest BCUT2D eigenvalue weighted by atomic mass is 16.5. The zero-order valence-corrected chi connectivity index (χ0v) is 17.2. The summed E-state index contributed by atoms with van der Waals surface area (Å²) in [4.78, 5) is 55.5. The van der Waals surface area contributed by atoms with E-state index in [0.717, 1.165) is 5.56 Å². The van der Waals surface area contributed by atoms with Gasteiger partial charge >= 0.3 is 6.03 Å². The number of carbonyl (C=O) groups is 4. The molecule has 162 valence electrons. The maximum Gasteiger partial charge on any atom is 0.322 e. The minimum absolute atomic E-state index is 0.116. The zero-order valence-electron chi connectivity index (χ0n) is 17.2. The van der Waals surface area contributed by atoms with Gasteiger partial charge in [0, 0.05) is 25.1 Å². The Bertz CT molecular complexity index is 1330. The third-order valence-corrected chi connectivity index (χ3v) is 5.72. The van der Waals surface area contributed by atoms with Crippen LogP contribution in [0.15, 0.2) is 40.8 Å². The van der Waals surface area contributed by atoms with Gasteiger partial charge in [0.2, 0.25) is 0 Å². The third-order valence-electron chi connectivity index (χ3n) is 5.72. The van der Waals surface area contributed by atoms with Gasteiger partial charge in [0.25, 0.3) is 11.8 Å². The number of benzene rings is 1. The molecule has 32 heavy (non-hydrogen) atoms. The van der Waals surface area contributed by atoms with Crippen LogP contribution >= 0.6 is 0 Å². The number of Topliss-reactive ketones (excluding diaryl/α,β-unsaturated/α-hetero) is 1. The Hall–Kier alpha value is -4.21. The van der Waals surface area contributed by atoms with Crippen LogP contribution in [-0.4, -0.2) is 47.2 Å². The van der Waals surface area contributed by atoms with Crippen molar-refractivity contribution >= 4 is 34.7 Å². The summed E-state index contributed by atoms with van der Waals surface area (Å²) in [7, 11) is 1.51. The molecule has 4 amide bonds. The van der Waals surface area contributed by atoms with E-state index in [0.29, 0.717) is 22.4 Å². The van der Waals surface area contributed by atoms with E-state index in [1.807, 2.05) is 0 Å². The van der Waals surface area contributed by atoms with Gasteiger partial charge in [-0.1, -0.05) is 6.07 Å². The molecule has 0 spiro atoms. The lowest BCUT2D eigenvalue weighted by Gasteiger charge is -2.28. The van der Waals surface area contributed by atoms with E-state index in [1.165, 1.54) is 31.1 Å². The lowest BCUT2D eigenvalue weighted by Crippen LogP contribution is -2.52. The van der Waals surface area contributed by atoms with Crippen molar-refractivity contribution in [1.29, 1.82) is 0 Å². The molecule has 2 aliphatic rings. The van der Waals surface area contributed by atoms with Gasteiger partial charge in [0.15, 0.2) is 16.9 Å². The van der Waals surface area contributed by atoms with E-state index < -0.39 is 17.5 Å². The highest BCUT2D eigenvalue weighted by Gasteiger charge is 2.53. The van der Waals surface area contributed by atoms with Gasteiger partial charge in [-0.15, -0.1) is 0 Å². The molecular formula is C22H18N4O6. The number of hydrogen-bond acceptors (Lipinski definition) is 7. The van der Waals surface area contributed by atoms with Crippen molar-refractivity contribution < 1.29 is 28.3 Å². The number of methoxy groups -OCH3 is 1. The molecule has 0 radical (unpaired) electrons. The molecule has 3 aromatic rings. The van der Waals surface area contributed by atoms with E-state index in [4.69, 9.17) is 9.15 Å². The van der Waals surface area contributed by atoms with Crippen LogP contribution in [0, 0.1) is 0 Å². The fourth-order valence-electron chi connectivity index (χ4n) is 4.07. The Kier molecular flexibility index (Phi) is 4.26. The molecule has 2 N–H and O–H groups in total. The molecule has 1 saturated heterocycles. The van der Waals surface area contributed by atoms with Gasteiger partial charge in [0.1, 0.15) is 22.7 Å². The van der Waals surface area contributed by atoms with Crippen molar-refractivity contribution in [1.82, 2.24) is 20.5 Å². The Morgan fingerprint density at radius 1 is 1.22 bits per heavy atom. The third kappa shape index (κ3) is 2.91. The number of pyridine rings is 1. The highest BCUT2D eigenvalue weighted by Crippen LogP contribution is 2.34. The van der Waals surface area contributed by atoms with Gasteiger partial charge in [0.05, 0.1) is 13.7 Å². The number of furan rings is 1. The first-order valence-electron chi connectivity index (χ1n) is 9.82. The molecule has 10 heteroatoms. The summed E-state index contributed by atoms with van der Waals surface area (Å²) < 4.78 is 11.1. The molecule has 0 aliphatic carbocycles. The second-order valence-electron chi connectivity index (χ2n) is 7.74. The minimum Gasteiger partial charge on any atom is -0.497 e. The average Bonchev–Trinajstić information content (AvgIpc) is 3.41. The van der Waals surface area contributed by atoms with Crippen LogP contribution in [0.2, 0.25) is 0 Å². The molecule has 0 bridgehead atoms. The Morgan fingerprint density at radius 2 is 2.03 bits per heavy atom. The van der Waals surface area contributed by atoms with Gasteiger partial charge in [-0.2, -0.15) is 0 Å². The molecule has 2 aliphatic heterocycles. The van der Waals surface area contributed by atoms with Crippen LogP contribution in [0.25, 0.3) is 11.1 Å². The summed E-state index contributed by atoms with van der Waals surface area (Å²) >= 11 is 0. The fourth-order valence-corrected chi connectivity index (χ4v) is 4.07. The number of aromatic nitrogens is 1. The largest absolute Gasteiger partial charge is 0.497 e. The number of hydrogen-bond donors (Lipinski definition) is 2. The monoisotopic (exact) mass is 434 g/mol. The summed E-state index contributed by atoms with van der Waals surface area (Å²) in [6.07, 6.45) is 0. The number of ether oxygens (including phenoxy) is 1. The first-order valence-corrected chi connectivity index (χ1v) is 9.82. The van der Waals surface area contributed by atoms with E-state index in [2.05, 4.69) is 15.6 Å². The number of carbonyl (C=O) groups excluding carboxylic acids is 4. The second-order valence-corrected chi connectivity index (χ2v) is 7.74. The number of imide groups is 1. The van der Waals surface area contributed by atoms with Crippen molar-refractivity contribution in [3.63, 3.8) is 0 Å². The number of ketones is 1. The number of rotatable bonds is 5. The number of fused-ring (bicyclic) bond motifs is 2. The molecule has 5 rings (SSSR count). The summed E-state index contributed by atoms with van der Waals surface area (Å²) in [5, 5.41) is 4.85. The van der Waals surface area contributed by atoms with E-state index >= 15 is 0 Å². The number of nitrogens with one attached hydrogen (secondary N) is 2. The number of amides is 4. The standard InChI is InChI=1S/C22H18N4O6/c1-11(27)15-5-6-17-16(23-15)8-18(32-17)22(20(29)24-21(30)25-22)10-26-9-12-3-4-13(31-2)7-14(12)19(26)28/h3-8H,9-10H2,1-2H3,(H2,24,25,29,30). The second kappa shape index (κ2) is 6.91. The van der Waals surface area contributed by atoms with Crippen molar-refractivity contribution in [2.75, 3.05) is 13.7 Å². The number of nitrogens with zero attached hydrogens (tertiary/aromatic N) is 2. The number of urea groups is 1. The summed E-state index contributed by atoms with van der Waals surface area (Å²) in [5.41, 5.74) is 0.573. The van der Waals surface area contributed by atoms with E-state index in [9.17, 15) is 19.2 Å². The first kappa shape index (κ1) is 19.7. The average molecular weight is 434 g/mol. The van der Waals surface area contributed by atoms with Gasteiger partial charge < -0.3 is 19.4 Å². The van der Waals surface area contributed by atoms with Gasteiger partial charge in [-0.3, -0.25) is 19.7 Å². The van der Waals surface area contributed by atoms with Crippen molar-refractivity contribution in [2.24, 2.45) is 0 Å². The van der Waals surface area contributed by atoms with Crippen LogP contribution in [0.1, 0.15) is 39.1 Å². The highest BCUT2D eigenvalue weighted by molar-refractivity contribution is 6.08. The van der Waals surface area contributed by atoms with Crippen LogP contribution in [-0.2, 0) is 16.9 Å². The molecule has 1 atom stereocenters. The smallest absolute Gasteiger partial charge is 0.322 e. The predicted octanol–water partition coefficient (Wildman–Crippen LogP) is 1.73. The molecule has 0 saturated carbocycles. The molecule has 4 heterocycles. The van der Waals surface area contributed by atoms with E-state index in [1.54, 1.807) is 24.3 Å². The quantitative estimate of drug-likeness (QED) is 0.462. The maximum atomic E-state index is 13.1. The summed E-state index contributed by atoms with van der Waals surface area (Å²) in [5.74, 6) is -0.488. The summed E-state index contributed by atoms with van der Waals surface area (Å²) in [6, 6.07) is 9.10. The Labute approximate surface area is 181 Å². The maximum absolute atomic E-state index is 13.1. The normalized spacial score (nSPS) is 19.8. The fraction of sp³-hybridized carbons (Fsp3) is 0.227.